The number of nitrogens with one attached hydrogen (secondary N) is 3. The maximum absolute atomic E-state index is 13.8. The van der Waals surface area contributed by atoms with Gasteiger partial charge in [-0.05, 0) is 39.3 Å². The van der Waals surface area contributed by atoms with Gasteiger partial charge in [-0.25, -0.2) is 9.79 Å². The molecule has 2 aliphatic heterocycles. The van der Waals surface area contributed by atoms with E-state index in [1.807, 2.05) is 11.9 Å². The molecule has 3 N–H and O–H groups in total. The van der Waals surface area contributed by atoms with E-state index < -0.39 is 17.8 Å². The quantitative estimate of drug-likeness (QED) is 0.183. The lowest BCUT2D eigenvalue weighted by Crippen LogP contribution is -2.63. The van der Waals surface area contributed by atoms with Crippen molar-refractivity contribution in [2.45, 2.75) is 63.1 Å². The molecule has 3 aliphatic rings. The lowest BCUT2D eigenvalue weighted by atomic mass is 9.84. The largest absolute Gasteiger partial charge is 0.447 e. The number of hydrogen-bond donors (Lipinski definition) is 3. The van der Waals surface area contributed by atoms with Gasteiger partial charge in [-0.15, -0.1) is 0 Å². The van der Waals surface area contributed by atoms with E-state index in [2.05, 4.69) is 27.9 Å². The highest BCUT2D eigenvalue weighted by atomic mass is 16.6. The van der Waals surface area contributed by atoms with Gasteiger partial charge >= 0.3 is 6.09 Å². The van der Waals surface area contributed by atoms with Gasteiger partial charge in [0.05, 0.1) is 25.5 Å². The maximum Gasteiger partial charge on any atom is 0.414 e. The number of aliphatic imine (C=N–C) groups is 1. The van der Waals surface area contributed by atoms with Crippen molar-refractivity contribution >= 4 is 18.0 Å². The first-order chi connectivity index (χ1) is 17.4. The molecular formula is C25H46N6O5. The minimum Gasteiger partial charge on any atom is -0.447 e. The first-order valence-electron chi connectivity index (χ1n) is 13.5. The summed E-state index contributed by atoms with van der Waals surface area (Å²) in [5, 5.41) is 9.48. The normalized spacial score (nSPS) is 22.6. The number of likely N-dealkylation sites (tertiary alicyclic amines) is 1. The monoisotopic (exact) mass is 510 g/mol. The molecule has 2 heterocycles. The SMILES string of the molecule is CNC1(NC(=O)[C@H](CC2CCCCC2)N=C(NC(=O)OCCOC)N2CCOCC2)CCN(C)CC1. The molecule has 11 nitrogen and oxygen atoms in total. The van der Waals surface area contributed by atoms with Gasteiger partial charge in [0.15, 0.2) is 0 Å². The number of guanidine groups is 1. The Bertz CT molecular complexity index is 716. The van der Waals surface area contributed by atoms with Crippen LogP contribution in [0.25, 0.3) is 0 Å². The molecule has 1 aliphatic carbocycles. The Morgan fingerprint density at radius 2 is 1.78 bits per heavy atom. The number of methoxy groups -OCH3 is 1. The smallest absolute Gasteiger partial charge is 0.414 e. The Labute approximate surface area is 215 Å². The van der Waals surface area contributed by atoms with E-state index in [0.717, 1.165) is 38.8 Å². The number of carbonyl (C=O) groups excluding carboxylic acids is 2. The number of amides is 2. The van der Waals surface area contributed by atoms with Crippen LogP contribution in [0.4, 0.5) is 4.79 Å². The van der Waals surface area contributed by atoms with E-state index in [1.165, 1.54) is 19.3 Å². The minimum atomic E-state index is -0.602. The third kappa shape index (κ3) is 8.86. The van der Waals surface area contributed by atoms with Crippen LogP contribution in [0, 0.1) is 5.92 Å². The second kappa shape index (κ2) is 14.7. The summed E-state index contributed by atoms with van der Waals surface area (Å²) >= 11 is 0. The number of ether oxygens (including phenoxy) is 3. The van der Waals surface area contributed by atoms with E-state index >= 15 is 0 Å². The molecule has 3 rings (SSSR count). The standard InChI is InChI=1S/C25H46N6O5/c1-26-25(9-11-30(2)12-10-25)29-22(32)21(19-20-7-5-4-6-8-20)27-23(31-13-15-35-16-14-31)28-24(33)36-18-17-34-3/h20-21,26H,4-19H2,1-3H3,(H,29,32)(H,27,28,33)/t21-/m0/s1. The fourth-order valence-electron chi connectivity index (χ4n) is 5.17. The Balaban J connectivity index is 1.80. The maximum atomic E-state index is 13.8. The Hall–Kier alpha value is -1.95. The fourth-order valence-corrected chi connectivity index (χ4v) is 5.17. The van der Waals surface area contributed by atoms with Gasteiger partial charge in [-0.2, -0.15) is 0 Å². The van der Waals surface area contributed by atoms with Gasteiger partial charge in [0.2, 0.25) is 11.9 Å². The van der Waals surface area contributed by atoms with Crippen LogP contribution >= 0.6 is 0 Å². The number of rotatable bonds is 9. The number of nitrogens with zero attached hydrogens (tertiary/aromatic N) is 3. The van der Waals surface area contributed by atoms with Gasteiger partial charge in [0, 0.05) is 33.3 Å². The molecular weight excluding hydrogens is 464 g/mol. The van der Waals surface area contributed by atoms with Crippen molar-refractivity contribution in [2.75, 3.05) is 73.8 Å². The van der Waals surface area contributed by atoms with E-state index in [0.29, 0.717) is 51.2 Å². The number of alkyl carbamates (subject to hydrolysis) is 1. The van der Waals surface area contributed by atoms with Crippen LogP contribution in [-0.4, -0.2) is 113 Å². The number of morpholine rings is 1. The molecule has 0 unspecified atom stereocenters. The molecule has 0 aromatic rings. The van der Waals surface area contributed by atoms with Crippen LogP contribution in [0.5, 0.6) is 0 Å². The van der Waals surface area contributed by atoms with Crippen molar-refractivity contribution in [1.82, 2.24) is 25.8 Å². The lowest BCUT2D eigenvalue weighted by molar-refractivity contribution is -0.125. The molecule has 1 saturated carbocycles. The highest BCUT2D eigenvalue weighted by Crippen LogP contribution is 2.29. The van der Waals surface area contributed by atoms with Crippen molar-refractivity contribution in [3.05, 3.63) is 0 Å². The molecule has 0 aromatic heterocycles. The molecule has 3 fully saturated rings. The molecule has 1 atom stereocenters. The minimum absolute atomic E-state index is 0.0974. The average Bonchev–Trinajstić information content (AvgIpc) is 2.90. The topological polar surface area (TPSA) is 117 Å². The molecule has 11 heteroatoms. The molecule has 2 saturated heterocycles. The van der Waals surface area contributed by atoms with Crippen molar-refractivity contribution in [3.63, 3.8) is 0 Å². The number of piperidine rings is 1. The van der Waals surface area contributed by atoms with E-state index in [1.54, 1.807) is 7.11 Å². The highest BCUT2D eigenvalue weighted by Gasteiger charge is 2.36. The number of hydrogen-bond acceptors (Lipinski definition) is 8. The molecule has 0 bridgehead atoms. The Morgan fingerprint density at radius 1 is 1.08 bits per heavy atom. The van der Waals surface area contributed by atoms with E-state index in [-0.39, 0.29) is 12.5 Å². The van der Waals surface area contributed by atoms with Crippen LogP contribution in [-0.2, 0) is 19.0 Å². The zero-order valence-corrected chi connectivity index (χ0v) is 22.4. The lowest BCUT2D eigenvalue weighted by Gasteiger charge is -2.42. The summed E-state index contributed by atoms with van der Waals surface area (Å²) in [5.74, 6) is 0.721. The summed E-state index contributed by atoms with van der Waals surface area (Å²) in [6.07, 6.45) is 7.57. The fraction of sp³-hybridized carbons (Fsp3) is 0.880. The van der Waals surface area contributed by atoms with Crippen LogP contribution in [0.3, 0.4) is 0 Å². The van der Waals surface area contributed by atoms with E-state index in [9.17, 15) is 9.59 Å². The molecule has 0 aromatic carbocycles. The van der Waals surface area contributed by atoms with Crippen molar-refractivity contribution < 1.29 is 23.8 Å². The Morgan fingerprint density at radius 3 is 2.42 bits per heavy atom. The van der Waals surface area contributed by atoms with Gasteiger partial charge in [-0.3, -0.25) is 15.4 Å². The van der Waals surface area contributed by atoms with E-state index in [4.69, 9.17) is 19.2 Å². The van der Waals surface area contributed by atoms with Gasteiger partial charge < -0.3 is 29.3 Å². The van der Waals surface area contributed by atoms with Crippen LogP contribution < -0.4 is 16.0 Å². The van der Waals surface area contributed by atoms with Crippen LogP contribution in [0.2, 0.25) is 0 Å². The molecule has 36 heavy (non-hydrogen) atoms. The number of carbonyl (C=O) groups is 2. The molecule has 0 spiro atoms. The van der Waals surface area contributed by atoms with Gasteiger partial charge in [-0.1, -0.05) is 32.1 Å². The van der Waals surface area contributed by atoms with Gasteiger partial charge in [0.1, 0.15) is 12.6 Å². The average molecular weight is 511 g/mol. The zero-order chi connectivity index (χ0) is 25.8. The predicted octanol–water partition coefficient (Wildman–Crippen LogP) is 1.14. The summed E-state index contributed by atoms with van der Waals surface area (Å²) in [6, 6.07) is -0.602. The zero-order valence-electron chi connectivity index (χ0n) is 22.4. The van der Waals surface area contributed by atoms with Gasteiger partial charge in [0.25, 0.3) is 0 Å². The van der Waals surface area contributed by atoms with Crippen molar-refractivity contribution in [1.29, 1.82) is 0 Å². The second-order valence-electron chi connectivity index (χ2n) is 10.2. The van der Waals surface area contributed by atoms with Crippen LogP contribution in [0.1, 0.15) is 51.4 Å². The summed E-state index contributed by atoms with van der Waals surface area (Å²) in [5.41, 5.74) is -0.449. The third-order valence-electron chi connectivity index (χ3n) is 7.59. The molecule has 206 valence electrons. The van der Waals surface area contributed by atoms with Crippen molar-refractivity contribution in [3.8, 4) is 0 Å². The summed E-state index contributed by atoms with van der Waals surface area (Å²) < 4.78 is 15.7. The summed E-state index contributed by atoms with van der Waals surface area (Å²) in [4.78, 5) is 35.4. The second-order valence-corrected chi connectivity index (χ2v) is 10.2. The Kier molecular flexibility index (Phi) is 11.7. The molecule has 0 radical (unpaired) electrons. The van der Waals surface area contributed by atoms with Crippen molar-refractivity contribution in [2.24, 2.45) is 10.9 Å². The summed E-state index contributed by atoms with van der Waals surface area (Å²) in [7, 11) is 5.56. The van der Waals surface area contributed by atoms with Crippen LogP contribution in [0.15, 0.2) is 4.99 Å². The first-order valence-corrected chi connectivity index (χ1v) is 13.5. The first kappa shape index (κ1) is 28.6. The summed E-state index contributed by atoms with van der Waals surface area (Å²) in [6.45, 7) is 4.51. The third-order valence-corrected chi connectivity index (χ3v) is 7.59. The molecule has 2 amide bonds. The predicted molar refractivity (Wildman–Crippen MR) is 138 cm³/mol. The highest BCUT2D eigenvalue weighted by molar-refractivity contribution is 5.96.